The number of amides is 1. The third-order valence-electron chi connectivity index (χ3n) is 4.02. The summed E-state index contributed by atoms with van der Waals surface area (Å²) in [5.41, 5.74) is 2.10. The number of hydrogen-bond donors (Lipinski definition) is 2. The summed E-state index contributed by atoms with van der Waals surface area (Å²) in [7, 11) is 0. The molecule has 7 nitrogen and oxygen atoms in total. The maximum absolute atomic E-state index is 12.4. The van der Waals surface area contributed by atoms with Crippen molar-refractivity contribution in [3.8, 4) is 5.82 Å². The van der Waals surface area contributed by atoms with Gasteiger partial charge in [0.15, 0.2) is 5.82 Å². The summed E-state index contributed by atoms with van der Waals surface area (Å²) in [5, 5.41) is 15.9. The Hall–Kier alpha value is -2.57. The van der Waals surface area contributed by atoms with Crippen molar-refractivity contribution in [1.29, 1.82) is 0 Å². The van der Waals surface area contributed by atoms with E-state index in [4.69, 9.17) is 9.63 Å². The first-order valence-electron chi connectivity index (χ1n) is 7.98. The van der Waals surface area contributed by atoms with E-state index in [1.165, 1.54) is 0 Å². The van der Waals surface area contributed by atoms with Crippen LogP contribution in [0.2, 0.25) is 0 Å². The van der Waals surface area contributed by atoms with Crippen molar-refractivity contribution in [2.45, 2.75) is 40.5 Å². The number of rotatable bonds is 7. The molecule has 2 rings (SSSR count). The van der Waals surface area contributed by atoms with Gasteiger partial charge in [-0.2, -0.15) is 0 Å². The van der Waals surface area contributed by atoms with E-state index < -0.39 is 11.9 Å². The number of aromatic nitrogens is 2. The van der Waals surface area contributed by atoms with Gasteiger partial charge in [-0.3, -0.25) is 14.2 Å². The average molecular weight is 333 g/mol. The Morgan fingerprint density at radius 2 is 2.04 bits per heavy atom. The minimum Gasteiger partial charge on any atom is -0.481 e. The smallest absolute Gasteiger partial charge is 0.308 e. The number of carboxylic acid groups (broad SMARTS) is 1. The van der Waals surface area contributed by atoms with E-state index in [2.05, 4.69) is 10.5 Å². The molecule has 0 fully saturated rings. The van der Waals surface area contributed by atoms with Gasteiger partial charge in [0.05, 0.1) is 11.5 Å². The molecule has 0 aliphatic heterocycles. The number of hydrogen-bond acceptors (Lipinski definition) is 4. The van der Waals surface area contributed by atoms with Gasteiger partial charge in [-0.15, -0.1) is 0 Å². The third-order valence-corrected chi connectivity index (χ3v) is 4.02. The lowest BCUT2D eigenvalue weighted by Crippen LogP contribution is -2.33. The predicted molar refractivity (Wildman–Crippen MR) is 88.4 cm³/mol. The number of carbonyl (C=O) groups excluding carboxylic acids is 1. The summed E-state index contributed by atoms with van der Waals surface area (Å²) in [6.07, 6.45) is 1.29. The van der Waals surface area contributed by atoms with E-state index >= 15 is 0 Å². The van der Waals surface area contributed by atoms with Gasteiger partial charge in [0, 0.05) is 24.0 Å². The minimum atomic E-state index is -0.888. The minimum absolute atomic E-state index is 0.120. The van der Waals surface area contributed by atoms with Gasteiger partial charge in [-0.05, 0) is 33.3 Å². The number of nitrogens with one attached hydrogen (secondary N) is 1. The zero-order chi connectivity index (χ0) is 17.9. The second-order valence-electron chi connectivity index (χ2n) is 5.95. The molecule has 2 aromatic rings. The summed E-state index contributed by atoms with van der Waals surface area (Å²) in [4.78, 5) is 23.6. The van der Waals surface area contributed by atoms with Gasteiger partial charge in [-0.1, -0.05) is 18.5 Å². The van der Waals surface area contributed by atoms with Gasteiger partial charge in [-0.25, -0.2) is 0 Å². The highest BCUT2D eigenvalue weighted by molar-refractivity contribution is 5.96. The second-order valence-corrected chi connectivity index (χ2v) is 5.95. The molecule has 2 heterocycles. The largest absolute Gasteiger partial charge is 0.481 e. The Kier molecular flexibility index (Phi) is 5.43. The molecule has 1 amide bonds. The molecule has 7 heteroatoms. The fraction of sp³-hybridized carbons (Fsp3) is 0.471. The van der Waals surface area contributed by atoms with Crippen molar-refractivity contribution in [1.82, 2.24) is 15.0 Å². The van der Waals surface area contributed by atoms with Crippen molar-refractivity contribution in [2.24, 2.45) is 5.92 Å². The van der Waals surface area contributed by atoms with Crippen LogP contribution in [-0.4, -0.2) is 33.3 Å². The molecule has 0 aromatic carbocycles. The predicted octanol–water partition coefficient (Wildman–Crippen LogP) is 2.62. The van der Waals surface area contributed by atoms with Crippen LogP contribution < -0.4 is 5.32 Å². The Morgan fingerprint density at radius 3 is 2.58 bits per heavy atom. The fourth-order valence-corrected chi connectivity index (χ4v) is 2.78. The van der Waals surface area contributed by atoms with E-state index in [0.717, 1.165) is 17.8 Å². The fourth-order valence-electron chi connectivity index (χ4n) is 2.78. The lowest BCUT2D eigenvalue weighted by Gasteiger charge is -2.12. The molecular weight excluding hydrogens is 310 g/mol. The molecule has 0 saturated heterocycles. The average Bonchev–Trinajstić information content (AvgIpc) is 3.06. The number of nitrogens with zero attached hydrogens (tertiary/aromatic N) is 2. The van der Waals surface area contributed by atoms with E-state index in [0.29, 0.717) is 23.6 Å². The van der Waals surface area contributed by atoms with E-state index in [-0.39, 0.29) is 12.5 Å². The molecule has 1 atom stereocenters. The summed E-state index contributed by atoms with van der Waals surface area (Å²) in [6, 6.07) is 3.56. The Morgan fingerprint density at radius 1 is 1.33 bits per heavy atom. The number of carbonyl (C=O) groups is 2. The van der Waals surface area contributed by atoms with Crippen LogP contribution in [0.5, 0.6) is 0 Å². The van der Waals surface area contributed by atoms with Crippen LogP contribution in [0, 0.1) is 26.7 Å². The van der Waals surface area contributed by atoms with Crippen LogP contribution in [-0.2, 0) is 4.79 Å². The van der Waals surface area contributed by atoms with Crippen LogP contribution in [0.3, 0.4) is 0 Å². The van der Waals surface area contributed by atoms with Crippen LogP contribution in [0.4, 0.5) is 0 Å². The summed E-state index contributed by atoms with van der Waals surface area (Å²) in [5.74, 6) is -0.429. The zero-order valence-electron chi connectivity index (χ0n) is 14.4. The first-order chi connectivity index (χ1) is 11.3. The topological polar surface area (TPSA) is 97.4 Å². The van der Waals surface area contributed by atoms with Crippen molar-refractivity contribution < 1.29 is 19.2 Å². The maximum Gasteiger partial charge on any atom is 0.308 e. The monoisotopic (exact) mass is 333 g/mol. The summed E-state index contributed by atoms with van der Waals surface area (Å²) < 4.78 is 6.93. The molecule has 0 bridgehead atoms. The van der Waals surface area contributed by atoms with Crippen molar-refractivity contribution in [3.63, 3.8) is 0 Å². The first kappa shape index (κ1) is 17.8. The molecule has 0 spiro atoms. The molecule has 2 N–H and O–H groups in total. The summed E-state index contributed by atoms with van der Waals surface area (Å²) in [6.45, 7) is 7.55. The highest BCUT2D eigenvalue weighted by Gasteiger charge is 2.21. The van der Waals surface area contributed by atoms with Gasteiger partial charge < -0.3 is 14.9 Å². The molecule has 0 radical (unpaired) electrons. The Bertz CT molecular complexity index is 745. The SMILES string of the molecule is CCCC(CNC(=O)c1cc(C)n(-c2cc(C)on2)c1C)C(=O)O. The molecule has 130 valence electrons. The lowest BCUT2D eigenvalue weighted by molar-refractivity contribution is -0.141. The van der Waals surface area contributed by atoms with Gasteiger partial charge in [0.1, 0.15) is 5.76 Å². The zero-order valence-corrected chi connectivity index (χ0v) is 14.4. The van der Waals surface area contributed by atoms with E-state index in [1.807, 2.05) is 25.3 Å². The number of aryl methyl sites for hydroxylation is 2. The Balaban J connectivity index is 2.17. The molecule has 2 aromatic heterocycles. The Labute approximate surface area is 140 Å². The number of carboxylic acids is 1. The van der Waals surface area contributed by atoms with Crippen LogP contribution in [0.15, 0.2) is 16.7 Å². The highest BCUT2D eigenvalue weighted by atomic mass is 16.5. The van der Waals surface area contributed by atoms with Crippen molar-refractivity contribution in [2.75, 3.05) is 6.54 Å². The maximum atomic E-state index is 12.4. The van der Waals surface area contributed by atoms with Crippen molar-refractivity contribution in [3.05, 3.63) is 34.8 Å². The quantitative estimate of drug-likeness (QED) is 0.812. The highest BCUT2D eigenvalue weighted by Crippen LogP contribution is 2.20. The lowest BCUT2D eigenvalue weighted by atomic mass is 10.0. The molecule has 0 aliphatic carbocycles. The van der Waals surface area contributed by atoms with Gasteiger partial charge in [0.25, 0.3) is 5.91 Å². The van der Waals surface area contributed by atoms with Crippen LogP contribution in [0.1, 0.15) is 47.3 Å². The van der Waals surface area contributed by atoms with Gasteiger partial charge in [0.2, 0.25) is 0 Å². The first-order valence-corrected chi connectivity index (χ1v) is 7.98. The standard InChI is InChI=1S/C17H23N3O4/c1-5-6-13(17(22)23)9-18-16(21)14-7-10(2)20(12(14)4)15-8-11(3)24-19-15/h7-8,13H,5-6,9H2,1-4H3,(H,18,21)(H,22,23). The molecular formula is C17H23N3O4. The van der Waals surface area contributed by atoms with E-state index in [1.54, 1.807) is 19.1 Å². The molecule has 0 aliphatic rings. The van der Waals surface area contributed by atoms with Crippen LogP contribution >= 0.6 is 0 Å². The second kappa shape index (κ2) is 7.33. The van der Waals surface area contributed by atoms with Crippen LogP contribution in [0.25, 0.3) is 5.82 Å². The normalized spacial score (nSPS) is 12.2. The number of aliphatic carboxylic acids is 1. The van der Waals surface area contributed by atoms with E-state index in [9.17, 15) is 9.59 Å². The summed E-state index contributed by atoms with van der Waals surface area (Å²) >= 11 is 0. The third kappa shape index (κ3) is 3.67. The molecule has 0 saturated carbocycles. The van der Waals surface area contributed by atoms with Gasteiger partial charge >= 0.3 is 5.97 Å². The molecule has 1 unspecified atom stereocenters. The van der Waals surface area contributed by atoms with Crippen molar-refractivity contribution >= 4 is 11.9 Å². The molecule has 24 heavy (non-hydrogen) atoms.